The lowest BCUT2D eigenvalue weighted by Crippen LogP contribution is -2.16. The summed E-state index contributed by atoms with van der Waals surface area (Å²) in [5, 5.41) is 10.8. The summed E-state index contributed by atoms with van der Waals surface area (Å²) in [4.78, 5) is 12.2. The first-order valence-corrected chi connectivity index (χ1v) is 6.39. The van der Waals surface area contributed by atoms with Gasteiger partial charge in [-0.25, -0.2) is 0 Å². The average Bonchev–Trinajstić information content (AvgIpc) is 2.47. The third-order valence-corrected chi connectivity index (χ3v) is 3.23. The van der Waals surface area contributed by atoms with Crippen LogP contribution in [0.15, 0.2) is 42.5 Å². The third kappa shape index (κ3) is 3.42. The topological polar surface area (TPSA) is 81.6 Å². The first-order valence-electron chi connectivity index (χ1n) is 6.39. The Balaban J connectivity index is 2.14. The fourth-order valence-corrected chi connectivity index (χ4v) is 2.04. The molecule has 6 nitrogen and oxygen atoms in total. The van der Waals surface area contributed by atoms with Crippen LogP contribution in [0.2, 0.25) is 0 Å². The van der Waals surface area contributed by atoms with E-state index in [0.717, 1.165) is 17.0 Å². The minimum absolute atomic E-state index is 0.0726. The molecule has 2 aromatic carbocycles. The number of nitrogens with zero attached hydrogens (tertiary/aromatic N) is 2. The van der Waals surface area contributed by atoms with Crippen LogP contribution in [-0.2, 0) is 6.54 Å². The third-order valence-electron chi connectivity index (χ3n) is 3.23. The number of nitrogen functional groups attached to an aromatic ring is 1. The lowest BCUT2D eigenvalue weighted by molar-refractivity contribution is -0.383. The van der Waals surface area contributed by atoms with Crippen molar-refractivity contribution in [3.63, 3.8) is 0 Å². The molecule has 0 heterocycles. The van der Waals surface area contributed by atoms with Crippen LogP contribution in [0.4, 0.5) is 17.1 Å². The molecule has 0 radical (unpaired) electrons. The van der Waals surface area contributed by atoms with Crippen LogP contribution < -0.4 is 15.4 Å². The van der Waals surface area contributed by atoms with Crippen molar-refractivity contribution in [1.82, 2.24) is 0 Å². The minimum Gasteiger partial charge on any atom is -0.497 e. The Labute approximate surface area is 122 Å². The van der Waals surface area contributed by atoms with E-state index in [9.17, 15) is 10.1 Å². The highest BCUT2D eigenvalue weighted by molar-refractivity contribution is 5.66. The Bertz CT molecular complexity index is 641. The number of nitro groups is 1. The zero-order chi connectivity index (χ0) is 15.4. The summed E-state index contributed by atoms with van der Waals surface area (Å²) in [5.74, 6) is 0.806. The summed E-state index contributed by atoms with van der Waals surface area (Å²) in [6.45, 7) is 0.668. The van der Waals surface area contributed by atoms with Gasteiger partial charge >= 0.3 is 0 Å². The summed E-state index contributed by atoms with van der Waals surface area (Å²) >= 11 is 0. The fraction of sp³-hybridized carbons (Fsp3) is 0.200. The van der Waals surface area contributed by atoms with Gasteiger partial charge in [-0.2, -0.15) is 0 Å². The van der Waals surface area contributed by atoms with Crippen molar-refractivity contribution < 1.29 is 9.66 Å². The molecule has 0 aliphatic carbocycles. The lowest BCUT2D eigenvalue weighted by Gasteiger charge is -2.20. The standard InChI is InChI=1S/C15H17N3O3/c1-17(10-11-3-6-13(21-2)7-4-11)12-5-8-15(18(19)20)14(16)9-12/h3-9H,10,16H2,1-2H3. The predicted molar refractivity (Wildman–Crippen MR) is 82.6 cm³/mol. The molecule has 2 aromatic rings. The second kappa shape index (κ2) is 6.13. The maximum absolute atomic E-state index is 10.8. The van der Waals surface area contributed by atoms with Crippen molar-refractivity contribution in [1.29, 1.82) is 0 Å². The maximum atomic E-state index is 10.8. The van der Waals surface area contributed by atoms with Crippen LogP contribution in [0.1, 0.15) is 5.56 Å². The Kier molecular flexibility index (Phi) is 4.27. The van der Waals surface area contributed by atoms with Crippen molar-refractivity contribution in [3.8, 4) is 5.75 Å². The first-order chi connectivity index (χ1) is 10.0. The van der Waals surface area contributed by atoms with E-state index in [1.54, 1.807) is 19.2 Å². The molecule has 0 unspecified atom stereocenters. The van der Waals surface area contributed by atoms with Crippen molar-refractivity contribution in [2.75, 3.05) is 24.8 Å². The molecular formula is C15H17N3O3. The molecule has 0 aliphatic heterocycles. The molecule has 0 amide bonds. The molecule has 0 aromatic heterocycles. The molecule has 0 saturated heterocycles. The number of nitro benzene ring substituents is 1. The number of anilines is 2. The Morgan fingerprint density at radius 1 is 1.24 bits per heavy atom. The van der Waals surface area contributed by atoms with E-state index in [4.69, 9.17) is 10.5 Å². The van der Waals surface area contributed by atoms with E-state index in [1.807, 2.05) is 36.2 Å². The molecule has 0 aliphatic rings. The van der Waals surface area contributed by atoms with Gasteiger partial charge in [0.25, 0.3) is 5.69 Å². The number of hydrogen-bond acceptors (Lipinski definition) is 5. The van der Waals surface area contributed by atoms with Gasteiger partial charge in [0, 0.05) is 25.3 Å². The molecule has 0 bridgehead atoms. The van der Waals surface area contributed by atoms with Gasteiger partial charge in [0.2, 0.25) is 0 Å². The smallest absolute Gasteiger partial charge is 0.292 e. The Hall–Kier alpha value is -2.76. The number of benzene rings is 2. The van der Waals surface area contributed by atoms with Gasteiger partial charge in [0.05, 0.1) is 12.0 Å². The highest BCUT2D eigenvalue weighted by Crippen LogP contribution is 2.27. The van der Waals surface area contributed by atoms with E-state index in [2.05, 4.69) is 0 Å². The van der Waals surface area contributed by atoms with Crippen molar-refractivity contribution >= 4 is 17.1 Å². The number of ether oxygens (including phenoxy) is 1. The number of hydrogen-bond donors (Lipinski definition) is 1. The molecule has 2 rings (SSSR count). The van der Waals surface area contributed by atoms with Gasteiger partial charge in [-0.05, 0) is 29.8 Å². The SMILES string of the molecule is COc1ccc(CN(C)c2ccc([N+](=O)[O-])c(N)c2)cc1. The van der Waals surface area contributed by atoms with Gasteiger partial charge in [0.1, 0.15) is 11.4 Å². The monoisotopic (exact) mass is 287 g/mol. The molecule has 110 valence electrons. The van der Waals surface area contributed by atoms with E-state index in [-0.39, 0.29) is 11.4 Å². The van der Waals surface area contributed by atoms with Crippen molar-refractivity contribution in [2.24, 2.45) is 0 Å². The maximum Gasteiger partial charge on any atom is 0.292 e. The van der Waals surface area contributed by atoms with E-state index in [1.165, 1.54) is 6.07 Å². The van der Waals surface area contributed by atoms with Crippen LogP contribution in [-0.4, -0.2) is 19.1 Å². The average molecular weight is 287 g/mol. The zero-order valence-corrected chi connectivity index (χ0v) is 11.9. The fourth-order valence-electron chi connectivity index (χ4n) is 2.04. The highest BCUT2D eigenvalue weighted by atomic mass is 16.6. The quantitative estimate of drug-likeness (QED) is 0.519. The number of rotatable bonds is 5. The molecule has 0 spiro atoms. The lowest BCUT2D eigenvalue weighted by atomic mass is 10.2. The molecule has 6 heteroatoms. The van der Waals surface area contributed by atoms with Crippen LogP contribution in [0.25, 0.3) is 0 Å². The Morgan fingerprint density at radius 2 is 1.90 bits per heavy atom. The summed E-state index contributed by atoms with van der Waals surface area (Å²) in [6, 6.07) is 12.5. The molecular weight excluding hydrogens is 270 g/mol. The van der Waals surface area contributed by atoms with Crippen LogP contribution in [0.3, 0.4) is 0 Å². The van der Waals surface area contributed by atoms with Crippen molar-refractivity contribution in [2.45, 2.75) is 6.54 Å². The zero-order valence-electron chi connectivity index (χ0n) is 11.9. The summed E-state index contributed by atoms with van der Waals surface area (Å²) in [7, 11) is 3.53. The summed E-state index contributed by atoms with van der Waals surface area (Å²) < 4.78 is 5.12. The molecule has 21 heavy (non-hydrogen) atoms. The van der Waals surface area contributed by atoms with Crippen LogP contribution in [0, 0.1) is 10.1 Å². The van der Waals surface area contributed by atoms with E-state index >= 15 is 0 Å². The normalized spacial score (nSPS) is 10.2. The molecule has 2 N–H and O–H groups in total. The van der Waals surface area contributed by atoms with Gasteiger partial charge < -0.3 is 15.4 Å². The number of methoxy groups -OCH3 is 1. The number of nitrogens with two attached hydrogens (primary N) is 1. The minimum atomic E-state index is -0.484. The summed E-state index contributed by atoms with van der Waals surface area (Å²) in [5.41, 5.74) is 7.73. The Morgan fingerprint density at radius 3 is 2.43 bits per heavy atom. The second-order valence-corrected chi connectivity index (χ2v) is 4.70. The molecule has 0 atom stereocenters. The summed E-state index contributed by atoms with van der Waals surface area (Å²) in [6.07, 6.45) is 0. The van der Waals surface area contributed by atoms with Crippen LogP contribution >= 0.6 is 0 Å². The van der Waals surface area contributed by atoms with E-state index < -0.39 is 4.92 Å². The largest absolute Gasteiger partial charge is 0.497 e. The van der Waals surface area contributed by atoms with Gasteiger partial charge in [-0.3, -0.25) is 10.1 Å². The van der Waals surface area contributed by atoms with Crippen LogP contribution in [0.5, 0.6) is 5.75 Å². The second-order valence-electron chi connectivity index (χ2n) is 4.70. The molecule has 0 saturated carbocycles. The van der Waals surface area contributed by atoms with Gasteiger partial charge in [0.15, 0.2) is 0 Å². The highest BCUT2D eigenvalue weighted by Gasteiger charge is 2.12. The predicted octanol–water partition coefficient (Wildman–Crippen LogP) is 2.82. The van der Waals surface area contributed by atoms with Gasteiger partial charge in [-0.15, -0.1) is 0 Å². The van der Waals surface area contributed by atoms with Crippen molar-refractivity contribution in [3.05, 3.63) is 58.1 Å². The first kappa shape index (κ1) is 14.6. The molecule has 0 fully saturated rings. The van der Waals surface area contributed by atoms with E-state index in [0.29, 0.717) is 6.54 Å². The van der Waals surface area contributed by atoms with Gasteiger partial charge in [-0.1, -0.05) is 12.1 Å².